The first kappa shape index (κ1) is 10.6. The highest BCUT2D eigenvalue weighted by molar-refractivity contribution is 5.71. The molecule has 3 rings (SSSR count). The molecular formula is C13H16N2O2. The Morgan fingerprint density at radius 1 is 1.24 bits per heavy atom. The third-order valence-corrected chi connectivity index (χ3v) is 4.06. The molecule has 0 unspecified atom stereocenters. The summed E-state index contributed by atoms with van der Waals surface area (Å²) in [4.78, 5) is 10.7. The van der Waals surface area contributed by atoms with Crippen molar-refractivity contribution in [1.82, 2.24) is 0 Å². The van der Waals surface area contributed by atoms with Gasteiger partial charge in [-0.25, -0.2) is 0 Å². The van der Waals surface area contributed by atoms with E-state index in [4.69, 9.17) is 0 Å². The largest absolute Gasteiger partial charge is 0.373 e. The van der Waals surface area contributed by atoms with E-state index in [9.17, 15) is 10.1 Å². The lowest BCUT2D eigenvalue weighted by Gasteiger charge is -2.34. The smallest absolute Gasteiger partial charge is 0.292 e. The van der Waals surface area contributed by atoms with Crippen molar-refractivity contribution in [3.05, 3.63) is 33.9 Å². The fourth-order valence-electron chi connectivity index (χ4n) is 3.23. The second-order valence-corrected chi connectivity index (χ2v) is 5.21. The highest BCUT2D eigenvalue weighted by Crippen LogP contribution is 2.44. The number of rotatable bonds is 1. The Balaban J connectivity index is 1.97. The predicted molar refractivity (Wildman–Crippen MR) is 66.2 cm³/mol. The van der Waals surface area contributed by atoms with E-state index in [0.29, 0.717) is 0 Å². The lowest BCUT2D eigenvalue weighted by Crippen LogP contribution is -2.38. The number of nitrogens with zero attached hydrogens (tertiary/aromatic N) is 1. The minimum absolute atomic E-state index is 0.104. The molecule has 1 spiro atoms. The van der Waals surface area contributed by atoms with Gasteiger partial charge >= 0.3 is 0 Å². The van der Waals surface area contributed by atoms with Gasteiger partial charge in [-0.1, -0.05) is 31.4 Å². The summed E-state index contributed by atoms with van der Waals surface area (Å²) in [5.41, 5.74) is 2.21. The zero-order valence-corrected chi connectivity index (χ0v) is 9.74. The van der Waals surface area contributed by atoms with Gasteiger partial charge in [-0.15, -0.1) is 0 Å². The summed E-state index contributed by atoms with van der Waals surface area (Å²) in [5, 5.41) is 14.5. The van der Waals surface area contributed by atoms with Crippen LogP contribution in [0.5, 0.6) is 0 Å². The van der Waals surface area contributed by atoms with E-state index in [0.717, 1.165) is 30.5 Å². The number of para-hydroxylation sites is 1. The minimum Gasteiger partial charge on any atom is -0.373 e. The third-order valence-electron chi connectivity index (χ3n) is 4.06. The molecular weight excluding hydrogens is 216 g/mol. The van der Waals surface area contributed by atoms with Crippen LogP contribution >= 0.6 is 0 Å². The average molecular weight is 232 g/mol. The van der Waals surface area contributed by atoms with Crippen LogP contribution in [0.25, 0.3) is 0 Å². The Kier molecular flexibility index (Phi) is 2.31. The van der Waals surface area contributed by atoms with Gasteiger partial charge in [0.25, 0.3) is 5.69 Å². The zero-order valence-electron chi connectivity index (χ0n) is 9.74. The van der Waals surface area contributed by atoms with Gasteiger partial charge in [-0.3, -0.25) is 10.1 Å². The fraction of sp³-hybridized carbons (Fsp3) is 0.538. The van der Waals surface area contributed by atoms with E-state index >= 15 is 0 Å². The number of hydrogen-bond acceptors (Lipinski definition) is 3. The van der Waals surface area contributed by atoms with Crippen molar-refractivity contribution < 1.29 is 4.92 Å². The van der Waals surface area contributed by atoms with E-state index in [-0.39, 0.29) is 16.1 Å². The van der Waals surface area contributed by atoms with Crippen LogP contribution in [0.3, 0.4) is 0 Å². The first-order chi connectivity index (χ1) is 8.20. The molecule has 0 radical (unpaired) electrons. The second kappa shape index (κ2) is 3.72. The average Bonchev–Trinajstić information content (AvgIpc) is 2.66. The van der Waals surface area contributed by atoms with Gasteiger partial charge in [0, 0.05) is 11.6 Å². The number of benzene rings is 1. The number of nitro groups is 1. The topological polar surface area (TPSA) is 55.2 Å². The molecule has 90 valence electrons. The van der Waals surface area contributed by atoms with Crippen LogP contribution in [0.2, 0.25) is 0 Å². The van der Waals surface area contributed by atoms with Crippen LogP contribution in [0.1, 0.15) is 37.7 Å². The molecule has 4 nitrogen and oxygen atoms in total. The molecule has 1 aliphatic heterocycles. The van der Waals surface area contributed by atoms with Crippen molar-refractivity contribution in [2.75, 3.05) is 5.32 Å². The van der Waals surface area contributed by atoms with Gasteiger partial charge in [0.1, 0.15) is 5.69 Å². The lowest BCUT2D eigenvalue weighted by molar-refractivity contribution is -0.384. The van der Waals surface area contributed by atoms with Crippen molar-refractivity contribution in [1.29, 1.82) is 0 Å². The number of nitro benzene ring substituents is 1. The van der Waals surface area contributed by atoms with Crippen LogP contribution in [0, 0.1) is 10.1 Å². The van der Waals surface area contributed by atoms with Gasteiger partial charge in [-0.05, 0) is 24.8 Å². The SMILES string of the molecule is O=[N+]([O-])c1cccc2c1NC1(CCCCC1)C2. The molecule has 1 aromatic carbocycles. The molecule has 0 aromatic heterocycles. The first-order valence-electron chi connectivity index (χ1n) is 6.25. The summed E-state index contributed by atoms with van der Waals surface area (Å²) in [6.07, 6.45) is 6.98. The van der Waals surface area contributed by atoms with Crippen molar-refractivity contribution in [2.45, 2.75) is 44.1 Å². The monoisotopic (exact) mass is 232 g/mol. The van der Waals surface area contributed by atoms with Gasteiger partial charge < -0.3 is 5.32 Å². The summed E-state index contributed by atoms with van der Waals surface area (Å²) in [7, 11) is 0. The van der Waals surface area contributed by atoms with Gasteiger partial charge in [0.15, 0.2) is 0 Å². The van der Waals surface area contributed by atoms with Gasteiger partial charge in [-0.2, -0.15) is 0 Å². The molecule has 1 fully saturated rings. The Bertz CT molecular complexity index is 464. The summed E-state index contributed by atoms with van der Waals surface area (Å²) >= 11 is 0. The van der Waals surface area contributed by atoms with Crippen molar-refractivity contribution in [3.8, 4) is 0 Å². The van der Waals surface area contributed by atoms with Crippen LogP contribution in [-0.4, -0.2) is 10.5 Å². The van der Waals surface area contributed by atoms with E-state index in [1.807, 2.05) is 6.07 Å². The van der Waals surface area contributed by atoms with E-state index < -0.39 is 0 Å². The number of anilines is 1. The molecule has 1 saturated carbocycles. The quantitative estimate of drug-likeness (QED) is 0.597. The van der Waals surface area contributed by atoms with E-state index in [1.165, 1.54) is 19.3 Å². The molecule has 1 aromatic rings. The maximum atomic E-state index is 11.0. The maximum absolute atomic E-state index is 11.0. The first-order valence-corrected chi connectivity index (χ1v) is 6.25. The maximum Gasteiger partial charge on any atom is 0.292 e. The summed E-state index contributed by atoms with van der Waals surface area (Å²) in [6, 6.07) is 5.40. The highest BCUT2D eigenvalue weighted by Gasteiger charge is 2.40. The van der Waals surface area contributed by atoms with Crippen LogP contribution in [0.15, 0.2) is 18.2 Å². The molecule has 17 heavy (non-hydrogen) atoms. The summed E-state index contributed by atoms with van der Waals surface area (Å²) < 4.78 is 0. The molecule has 0 bridgehead atoms. The standard InChI is InChI=1S/C13H16N2O2/c16-15(17)11-6-4-5-10-9-13(14-12(10)11)7-2-1-3-8-13/h4-6,14H,1-3,7-9H2. The normalized spacial score (nSPS) is 20.9. The van der Waals surface area contributed by atoms with E-state index in [2.05, 4.69) is 5.32 Å². The van der Waals surface area contributed by atoms with E-state index in [1.54, 1.807) is 12.1 Å². The zero-order chi connectivity index (χ0) is 11.9. The van der Waals surface area contributed by atoms with Gasteiger partial charge in [0.2, 0.25) is 0 Å². The van der Waals surface area contributed by atoms with Crippen LogP contribution < -0.4 is 5.32 Å². The number of nitrogens with one attached hydrogen (secondary N) is 1. The molecule has 2 aliphatic rings. The minimum atomic E-state index is -0.284. The second-order valence-electron chi connectivity index (χ2n) is 5.21. The van der Waals surface area contributed by atoms with Crippen LogP contribution in [-0.2, 0) is 6.42 Å². The Hall–Kier alpha value is -1.58. The predicted octanol–water partition coefficient (Wildman–Crippen LogP) is 3.27. The lowest BCUT2D eigenvalue weighted by atomic mass is 9.80. The molecule has 0 atom stereocenters. The van der Waals surface area contributed by atoms with Crippen LogP contribution in [0.4, 0.5) is 11.4 Å². The third kappa shape index (κ3) is 1.68. The van der Waals surface area contributed by atoms with Gasteiger partial charge in [0.05, 0.1) is 4.92 Å². The Morgan fingerprint density at radius 2 is 2.00 bits per heavy atom. The molecule has 0 saturated heterocycles. The molecule has 1 heterocycles. The fourth-order valence-corrected chi connectivity index (χ4v) is 3.23. The highest BCUT2D eigenvalue weighted by atomic mass is 16.6. The van der Waals surface area contributed by atoms with Crippen molar-refractivity contribution in [3.63, 3.8) is 0 Å². The van der Waals surface area contributed by atoms with Crippen molar-refractivity contribution >= 4 is 11.4 Å². The molecule has 4 heteroatoms. The Morgan fingerprint density at radius 3 is 2.71 bits per heavy atom. The van der Waals surface area contributed by atoms with Crippen molar-refractivity contribution in [2.24, 2.45) is 0 Å². The molecule has 0 amide bonds. The number of fused-ring (bicyclic) bond motifs is 1. The molecule has 1 aliphatic carbocycles. The molecule has 1 N–H and O–H groups in total. The summed E-state index contributed by atoms with van der Waals surface area (Å²) in [5.74, 6) is 0. The summed E-state index contributed by atoms with van der Waals surface area (Å²) in [6.45, 7) is 0. The Labute approximate surface area is 100 Å². The number of hydrogen-bond donors (Lipinski definition) is 1.